The molecule has 1 aliphatic rings. The van der Waals surface area contributed by atoms with E-state index in [-0.39, 0.29) is 11.6 Å². The predicted molar refractivity (Wildman–Crippen MR) is 59.4 cm³/mol. The predicted octanol–water partition coefficient (Wildman–Crippen LogP) is -0.139. The van der Waals surface area contributed by atoms with Crippen molar-refractivity contribution in [2.45, 2.75) is 12.5 Å². The zero-order chi connectivity index (χ0) is 11.0. The van der Waals surface area contributed by atoms with Crippen LogP contribution in [0.4, 0.5) is 5.82 Å². The van der Waals surface area contributed by atoms with E-state index in [1.807, 2.05) is 0 Å². The standard InChI is InChI=1S/C8H12BrN5O/c9-6-5(8(11)15)7(10)14(13-6)4-1-2-12-3-4/h4,12H,1-3,10H2,(H2,11,15)/t4-/m0/s1. The maximum atomic E-state index is 11.1. The fourth-order valence-corrected chi connectivity index (χ4v) is 2.34. The number of hydrogen-bond acceptors (Lipinski definition) is 4. The number of halogens is 1. The van der Waals surface area contributed by atoms with Crippen molar-refractivity contribution >= 4 is 27.7 Å². The summed E-state index contributed by atoms with van der Waals surface area (Å²) in [4.78, 5) is 11.1. The van der Waals surface area contributed by atoms with E-state index in [0.29, 0.717) is 10.4 Å². The molecule has 0 radical (unpaired) electrons. The molecule has 2 heterocycles. The Bertz CT molecular complexity index is 396. The van der Waals surface area contributed by atoms with Crippen molar-refractivity contribution in [3.05, 3.63) is 10.2 Å². The number of nitrogens with zero attached hydrogens (tertiary/aromatic N) is 2. The molecule has 6 nitrogen and oxygen atoms in total. The van der Waals surface area contributed by atoms with Crippen molar-refractivity contribution in [3.63, 3.8) is 0 Å². The van der Waals surface area contributed by atoms with Crippen LogP contribution in [0.15, 0.2) is 4.60 Å². The topological polar surface area (TPSA) is 99.0 Å². The van der Waals surface area contributed by atoms with Crippen LogP contribution in [0.5, 0.6) is 0 Å². The molecule has 2 rings (SSSR count). The normalized spacial score (nSPS) is 20.7. The molecule has 5 N–H and O–H groups in total. The molecule has 1 amide bonds. The molecular weight excluding hydrogens is 262 g/mol. The number of aromatic nitrogens is 2. The second kappa shape index (κ2) is 3.82. The number of primary amides is 1. The minimum atomic E-state index is -0.559. The number of amides is 1. The average molecular weight is 274 g/mol. The number of anilines is 1. The first-order valence-electron chi connectivity index (χ1n) is 4.65. The van der Waals surface area contributed by atoms with Gasteiger partial charge in [0.2, 0.25) is 0 Å². The van der Waals surface area contributed by atoms with Crippen LogP contribution in [0.2, 0.25) is 0 Å². The van der Waals surface area contributed by atoms with Gasteiger partial charge in [0.15, 0.2) is 0 Å². The van der Waals surface area contributed by atoms with E-state index in [4.69, 9.17) is 11.5 Å². The quantitative estimate of drug-likeness (QED) is 0.699. The van der Waals surface area contributed by atoms with Crippen LogP contribution >= 0.6 is 15.9 Å². The van der Waals surface area contributed by atoms with E-state index < -0.39 is 5.91 Å². The van der Waals surface area contributed by atoms with Crippen LogP contribution in [-0.2, 0) is 0 Å². The third-order valence-electron chi connectivity index (χ3n) is 2.53. The third-order valence-corrected chi connectivity index (χ3v) is 3.09. The van der Waals surface area contributed by atoms with Gasteiger partial charge in [0, 0.05) is 6.54 Å². The molecule has 0 spiro atoms. The van der Waals surface area contributed by atoms with Crippen LogP contribution < -0.4 is 16.8 Å². The van der Waals surface area contributed by atoms with Gasteiger partial charge in [0.05, 0.1) is 6.04 Å². The first kappa shape index (κ1) is 10.4. The zero-order valence-corrected chi connectivity index (χ0v) is 9.62. The lowest BCUT2D eigenvalue weighted by molar-refractivity contribution is 0.100. The second-order valence-corrected chi connectivity index (χ2v) is 4.26. The minimum absolute atomic E-state index is 0.203. The van der Waals surface area contributed by atoms with Gasteiger partial charge in [-0.3, -0.25) is 4.79 Å². The Morgan fingerprint density at radius 1 is 1.67 bits per heavy atom. The SMILES string of the molecule is NC(=O)c1c(Br)nn([C@H]2CCNC2)c1N. The molecule has 1 aromatic heterocycles. The van der Waals surface area contributed by atoms with Crippen molar-refractivity contribution in [3.8, 4) is 0 Å². The number of carbonyl (C=O) groups is 1. The van der Waals surface area contributed by atoms with Crippen LogP contribution in [0.1, 0.15) is 22.8 Å². The molecule has 1 fully saturated rings. The molecule has 0 aromatic carbocycles. The molecule has 82 valence electrons. The highest BCUT2D eigenvalue weighted by Gasteiger charge is 2.25. The molecule has 15 heavy (non-hydrogen) atoms. The first-order valence-corrected chi connectivity index (χ1v) is 5.44. The first-order chi connectivity index (χ1) is 7.11. The summed E-state index contributed by atoms with van der Waals surface area (Å²) in [6, 6.07) is 0.203. The number of hydrogen-bond donors (Lipinski definition) is 3. The number of nitrogens with two attached hydrogens (primary N) is 2. The Labute approximate surface area is 95.1 Å². The number of rotatable bonds is 2. The summed E-state index contributed by atoms with van der Waals surface area (Å²) in [5.74, 6) is -0.223. The van der Waals surface area contributed by atoms with E-state index in [2.05, 4.69) is 26.3 Å². The summed E-state index contributed by atoms with van der Waals surface area (Å²) >= 11 is 3.18. The van der Waals surface area contributed by atoms with E-state index in [1.165, 1.54) is 0 Å². The fourth-order valence-electron chi connectivity index (χ4n) is 1.77. The van der Waals surface area contributed by atoms with Crippen molar-refractivity contribution < 1.29 is 4.79 Å². The van der Waals surface area contributed by atoms with E-state index in [1.54, 1.807) is 4.68 Å². The number of nitrogens with one attached hydrogen (secondary N) is 1. The molecule has 1 aromatic rings. The van der Waals surface area contributed by atoms with Gasteiger partial charge in [-0.15, -0.1) is 0 Å². The maximum Gasteiger partial charge on any atom is 0.255 e. The monoisotopic (exact) mass is 273 g/mol. The Morgan fingerprint density at radius 2 is 2.40 bits per heavy atom. The smallest absolute Gasteiger partial charge is 0.255 e. The maximum absolute atomic E-state index is 11.1. The Morgan fingerprint density at radius 3 is 2.87 bits per heavy atom. The third kappa shape index (κ3) is 1.72. The molecule has 1 saturated heterocycles. The van der Waals surface area contributed by atoms with Crippen LogP contribution in [-0.4, -0.2) is 28.8 Å². The largest absolute Gasteiger partial charge is 0.383 e. The van der Waals surface area contributed by atoms with Gasteiger partial charge in [-0.2, -0.15) is 5.10 Å². The second-order valence-electron chi connectivity index (χ2n) is 3.51. The summed E-state index contributed by atoms with van der Waals surface area (Å²) < 4.78 is 2.07. The van der Waals surface area contributed by atoms with Gasteiger partial charge in [-0.25, -0.2) is 4.68 Å². The van der Waals surface area contributed by atoms with Gasteiger partial charge in [0.25, 0.3) is 5.91 Å². The summed E-state index contributed by atoms with van der Waals surface area (Å²) in [7, 11) is 0. The summed E-state index contributed by atoms with van der Waals surface area (Å²) in [5, 5.41) is 7.39. The molecular formula is C8H12BrN5O. The van der Waals surface area contributed by atoms with E-state index in [9.17, 15) is 4.79 Å². The van der Waals surface area contributed by atoms with Crippen LogP contribution in [0.25, 0.3) is 0 Å². The molecule has 0 bridgehead atoms. The summed E-state index contributed by atoms with van der Waals surface area (Å²) in [6.07, 6.45) is 0.955. The lowest BCUT2D eigenvalue weighted by Crippen LogP contribution is -2.18. The van der Waals surface area contributed by atoms with Gasteiger partial charge in [-0.05, 0) is 28.9 Å². The minimum Gasteiger partial charge on any atom is -0.383 e. The molecule has 0 saturated carbocycles. The van der Waals surface area contributed by atoms with Gasteiger partial charge in [-0.1, -0.05) is 0 Å². The highest BCUT2D eigenvalue weighted by molar-refractivity contribution is 9.10. The number of carbonyl (C=O) groups excluding carboxylic acids is 1. The summed E-state index contributed by atoms with van der Waals surface area (Å²) in [5.41, 5.74) is 11.3. The van der Waals surface area contributed by atoms with Crippen LogP contribution in [0.3, 0.4) is 0 Å². The highest BCUT2D eigenvalue weighted by Crippen LogP contribution is 2.26. The van der Waals surface area contributed by atoms with E-state index in [0.717, 1.165) is 19.5 Å². The molecule has 7 heteroatoms. The van der Waals surface area contributed by atoms with Crippen molar-refractivity contribution in [1.82, 2.24) is 15.1 Å². The highest BCUT2D eigenvalue weighted by atomic mass is 79.9. The van der Waals surface area contributed by atoms with Crippen molar-refractivity contribution in [2.24, 2.45) is 5.73 Å². The lowest BCUT2D eigenvalue weighted by atomic mass is 10.2. The molecule has 0 aliphatic carbocycles. The number of nitrogen functional groups attached to an aromatic ring is 1. The average Bonchev–Trinajstić information content (AvgIpc) is 2.72. The Hall–Kier alpha value is -1.08. The zero-order valence-electron chi connectivity index (χ0n) is 8.03. The Balaban J connectivity index is 2.40. The van der Waals surface area contributed by atoms with Gasteiger partial charge in [0.1, 0.15) is 16.0 Å². The van der Waals surface area contributed by atoms with E-state index >= 15 is 0 Å². The van der Waals surface area contributed by atoms with Crippen molar-refractivity contribution in [2.75, 3.05) is 18.8 Å². The van der Waals surface area contributed by atoms with Gasteiger partial charge < -0.3 is 16.8 Å². The Kier molecular flexibility index (Phi) is 2.66. The molecule has 0 unspecified atom stereocenters. The summed E-state index contributed by atoms with van der Waals surface area (Å²) in [6.45, 7) is 1.75. The van der Waals surface area contributed by atoms with Crippen LogP contribution in [0, 0.1) is 0 Å². The molecule has 1 atom stereocenters. The van der Waals surface area contributed by atoms with Gasteiger partial charge >= 0.3 is 0 Å². The molecule has 1 aliphatic heterocycles. The van der Waals surface area contributed by atoms with Crippen molar-refractivity contribution in [1.29, 1.82) is 0 Å². The fraction of sp³-hybridized carbons (Fsp3) is 0.500. The lowest BCUT2D eigenvalue weighted by Gasteiger charge is -2.10.